The van der Waals surface area contributed by atoms with Gasteiger partial charge in [0.25, 0.3) is 0 Å². The third-order valence-electron chi connectivity index (χ3n) is 6.47. The van der Waals surface area contributed by atoms with Gasteiger partial charge in [0.15, 0.2) is 0 Å². The lowest BCUT2D eigenvalue weighted by Gasteiger charge is -2.37. The number of nitrogens with one attached hydrogen (secondary N) is 1. The largest absolute Gasteiger partial charge is 0.490 e. The van der Waals surface area contributed by atoms with Gasteiger partial charge in [0.1, 0.15) is 5.75 Å². The summed E-state index contributed by atoms with van der Waals surface area (Å²) < 4.78 is 31.2. The van der Waals surface area contributed by atoms with E-state index in [-0.39, 0.29) is 0 Å². The Bertz CT molecular complexity index is 974. The quantitative estimate of drug-likeness (QED) is 0.566. The van der Waals surface area contributed by atoms with Gasteiger partial charge in [-0.2, -0.15) is 0 Å². The van der Waals surface area contributed by atoms with Crippen LogP contribution in [-0.2, 0) is 10.0 Å². The van der Waals surface area contributed by atoms with Crippen LogP contribution in [0.1, 0.15) is 52.9 Å². The Morgan fingerprint density at radius 1 is 1.03 bits per heavy atom. The molecule has 0 radical (unpaired) electrons. The van der Waals surface area contributed by atoms with Crippen LogP contribution >= 0.6 is 0 Å². The number of ether oxygens (including phenoxy) is 1. The van der Waals surface area contributed by atoms with Crippen LogP contribution < -0.4 is 14.4 Å². The molecular formula is C25H38N2O3S. The first-order valence-electron chi connectivity index (χ1n) is 11.4. The highest BCUT2D eigenvalue weighted by atomic mass is 32.2. The molecular weight excluding hydrogens is 408 g/mol. The summed E-state index contributed by atoms with van der Waals surface area (Å²) in [6.07, 6.45) is 7.03. The molecule has 1 aliphatic carbocycles. The Labute approximate surface area is 188 Å². The number of benzene rings is 2. The molecule has 3 rings (SSSR count). The second kappa shape index (κ2) is 9.78. The number of sulfonamides is 1. The van der Waals surface area contributed by atoms with Crippen molar-refractivity contribution >= 4 is 26.5 Å². The number of hydrogen-bond donors (Lipinski definition) is 1. The van der Waals surface area contributed by atoms with Crippen molar-refractivity contribution in [3.05, 3.63) is 36.4 Å². The standard InChI is InChI=1S/C25H38N2O3S/c1-25(2,3)21-9-13-23(14-10-21)30-24-12-8-19-17-22(11-7-20(19)18-24)27(4)16-6-15-26-31(5,28)29/h7-8,11-12,17-18,21,23,26H,6,9-10,13-16H2,1-5H3. The number of rotatable bonds is 8. The first-order valence-corrected chi connectivity index (χ1v) is 13.3. The molecule has 0 spiro atoms. The van der Waals surface area contributed by atoms with E-state index in [0.717, 1.165) is 43.2 Å². The second-order valence-electron chi connectivity index (χ2n) is 10.1. The zero-order chi connectivity index (χ0) is 22.6. The molecule has 2 aromatic rings. The van der Waals surface area contributed by atoms with E-state index in [1.165, 1.54) is 29.9 Å². The van der Waals surface area contributed by atoms with E-state index >= 15 is 0 Å². The lowest BCUT2D eigenvalue weighted by Crippen LogP contribution is -2.30. The van der Waals surface area contributed by atoms with E-state index in [9.17, 15) is 8.42 Å². The minimum atomic E-state index is -3.12. The molecule has 0 aromatic heterocycles. The Hall–Kier alpha value is -1.79. The van der Waals surface area contributed by atoms with Gasteiger partial charge in [-0.25, -0.2) is 13.1 Å². The van der Waals surface area contributed by atoms with Crippen LogP contribution in [0.15, 0.2) is 36.4 Å². The Balaban J connectivity index is 1.56. The van der Waals surface area contributed by atoms with E-state index < -0.39 is 10.0 Å². The van der Waals surface area contributed by atoms with Crippen molar-refractivity contribution in [1.82, 2.24) is 4.72 Å². The summed E-state index contributed by atoms with van der Waals surface area (Å²) in [5, 5.41) is 2.36. The van der Waals surface area contributed by atoms with Gasteiger partial charge < -0.3 is 9.64 Å². The molecule has 172 valence electrons. The molecule has 0 bridgehead atoms. The van der Waals surface area contributed by atoms with Crippen molar-refractivity contribution in [3.63, 3.8) is 0 Å². The molecule has 31 heavy (non-hydrogen) atoms. The van der Waals surface area contributed by atoms with Gasteiger partial charge in [0, 0.05) is 25.8 Å². The molecule has 0 amide bonds. The van der Waals surface area contributed by atoms with Crippen LogP contribution in [-0.4, -0.2) is 40.9 Å². The first-order chi connectivity index (χ1) is 14.5. The maximum Gasteiger partial charge on any atom is 0.208 e. The number of anilines is 1. The summed E-state index contributed by atoms with van der Waals surface area (Å²) in [4.78, 5) is 2.15. The van der Waals surface area contributed by atoms with Crippen LogP contribution in [0.3, 0.4) is 0 Å². The van der Waals surface area contributed by atoms with Crippen LogP contribution in [0.2, 0.25) is 0 Å². The average Bonchev–Trinajstić information content (AvgIpc) is 2.69. The maximum atomic E-state index is 11.2. The summed E-state index contributed by atoms with van der Waals surface area (Å²) in [5.74, 6) is 1.75. The van der Waals surface area contributed by atoms with Crippen molar-refractivity contribution in [2.75, 3.05) is 31.3 Å². The first kappa shape index (κ1) is 23.9. The fourth-order valence-electron chi connectivity index (χ4n) is 4.46. The number of fused-ring (bicyclic) bond motifs is 1. The molecule has 0 unspecified atom stereocenters. The zero-order valence-corrected chi connectivity index (χ0v) is 20.5. The predicted octanol–water partition coefficient (Wildman–Crippen LogP) is 5.20. The van der Waals surface area contributed by atoms with E-state index in [2.05, 4.69) is 66.8 Å². The minimum Gasteiger partial charge on any atom is -0.490 e. The summed E-state index contributed by atoms with van der Waals surface area (Å²) in [6, 6.07) is 12.8. The summed E-state index contributed by atoms with van der Waals surface area (Å²) >= 11 is 0. The molecule has 0 saturated heterocycles. The van der Waals surface area contributed by atoms with Crippen molar-refractivity contribution in [1.29, 1.82) is 0 Å². The Morgan fingerprint density at radius 2 is 1.68 bits per heavy atom. The molecule has 1 N–H and O–H groups in total. The van der Waals surface area contributed by atoms with Crippen molar-refractivity contribution in [2.24, 2.45) is 11.3 Å². The van der Waals surface area contributed by atoms with Crippen molar-refractivity contribution < 1.29 is 13.2 Å². The molecule has 6 heteroatoms. The van der Waals surface area contributed by atoms with Crippen molar-refractivity contribution in [2.45, 2.75) is 59.0 Å². The fourth-order valence-corrected chi connectivity index (χ4v) is 4.98. The van der Waals surface area contributed by atoms with E-state index in [1.807, 2.05) is 7.05 Å². The van der Waals surface area contributed by atoms with Crippen LogP contribution in [0, 0.1) is 11.3 Å². The highest BCUT2D eigenvalue weighted by molar-refractivity contribution is 7.88. The van der Waals surface area contributed by atoms with Gasteiger partial charge in [0.2, 0.25) is 10.0 Å². The fraction of sp³-hybridized carbons (Fsp3) is 0.600. The van der Waals surface area contributed by atoms with E-state index in [4.69, 9.17) is 4.74 Å². The van der Waals surface area contributed by atoms with Crippen molar-refractivity contribution in [3.8, 4) is 5.75 Å². The lowest BCUT2D eigenvalue weighted by atomic mass is 9.72. The monoisotopic (exact) mass is 446 g/mol. The molecule has 0 aliphatic heterocycles. The number of nitrogens with zero attached hydrogens (tertiary/aromatic N) is 1. The summed E-state index contributed by atoms with van der Waals surface area (Å²) in [7, 11) is -1.09. The highest BCUT2D eigenvalue weighted by Crippen LogP contribution is 2.39. The average molecular weight is 447 g/mol. The molecule has 0 heterocycles. The smallest absolute Gasteiger partial charge is 0.208 e. The molecule has 0 atom stereocenters. The zero-order valence-electron chi connectivity index (χ0n) is 19.6. The normalized spacial score (nSPS) is 20.0. The SMILES string of the molecule is CN(CCCNS(C)(=O)=O)c1ccc2cc(OC3CCC(C(C)(C)C)CC3)ccc2c1. The lowest BCUT2D eigenvalue weighted by molar-refractivity contribution is 0.0883. The summed E-state index contributed by atoms with van der Waals surface area (Å²) in [6.45, 7) is 8.28. The number of hydrogen-bond acceptors (Lipinski definition) is 4. The highest BCUT2D eigenvalue weighted by Gasteiger charge is 2.30. The van der Waals surface area contributed by atoms with Crippen LogP contribution in [0.5, 0.6) is 5.75 Å². The van der Waals surface area contributed by atoms with Crippen LogP contribution in [0.25, 0.3) is 10.8 Å². The van der Waals surface area contributed by atoms with Crippen LogP contribution in [0.4, 0.5) is 5.69 Å². The minimum absolute atomic E-state index is 0.321. The predicted molar refractivity (Wildman–Crippen MR) is 131 cm³/mol. The third kappa shape index (κ3) is 7.11. The van der Waals surface area contributed by atoms with Gasteiger partial charge in [-0.1, -0.05) is 32.9 Å². The summed E-state index contributed by atoms with van der Waals surface area (Å²) in [5.41, 5.74) is 1.52. The molecule has 5 nitrogen and oxygen atoms in total. The van der Waals surface area contributed by atoms with Gasteiger partial charge >= 0.3 is 0 Å². The van der Waals surface area contributed by atoms with Gasteiger partial charge in [-0.15, -0.1) is 0 Å². The van der Waals surface area contributed by atoms with Gasteiger partial charge in [-0.05, 0) is 78.5 Å². The topological polar surface area (TPSA) is 58.6 Å². The van der Waals surface area contributed by atoms with E-state index in [1.54, 1.807) is 0 Å². The van der Waals surface area contributed by atoms with Gasteiger partial charge in [0.05, 0.1) is 12.4 Å². The van der Waals surface area contributed by atoms with E-state index in [0.29, 0.717) is 18.1 Å². The van der Waals surface area contributed by atoms with Gasteiger partial charge in [-0.3, -0.25) is 0 Å². The molecule has 1 fully saturated rings. The molecule has 1 saturated carbocycles. The molecule has 2 aromatic carbocycles. The second-order valence-corrected chi connectivity index (χ2v) is 11.9. The third-order valence-corrected chi connectivity index (χ3v) is 7.20. The Kier molecular flexibility index (Phi) is 7.53. The maximum absolute atomic E-state index is 11.2. The Morgan fingerprint density at radius 3 is 2.32 bits per heavy atom. The molecule has 1 aliphatic rings.